The minimum atomic E-state index is 0.706. The number of nitrogens with zero attached hydrogens (tertiary/aromatic N) is 2. The summed E-state index contributed by atoms with van der Waals surface area (Å²) in [5.74, 6) is 1.42. The third-order valence-electron chi connectivity index (χ3n) is 2.35. The zero-order valence-electron chi connectivity index (χ0n) is 8.94. The molecule has 1 heterocycles. The van der Waals surface area contributed by atoms with Crippen LogP contribution in [0.2, 0.25) is 0 Å². The molecule has 4 nitrogen and oxygen atoms in total. The zero-order valence-corrected chi connectivity index (χ0v) is 8.94. The number of hydrogen-bond acceptors (Lipinski definition) is 4. The fraction of sp³-hybridized carbons (Fsp3) is 0.273. The van der Waals surface area contributed by atoms with Crippen molar-refractivity contribution in [2.45, 2.75) is 6.92 Å². The molecule has 0 aliphatic rings. The molecule has 0 aliphatic heterocycles. The van der Waals surface area contributed by atoms with Crippen molar-refractivity contribution in [3.05, 3.63) is 24.0 Å². The maximum atomic E-state index is 5.23. The molecule has 0 saturated heterocycles. The molecule has 1 aromatic heterocycles. The molecule has 0 amide bonds. The van der Waals surface area contributed by atoms with Gasteiger partial charge in [0, 0.05) is 10.8 Å². The lowest BCUT2D eigenvalue weighted by molar-refractivity contribution is 0.356. The van der Waals surface area contributed by atoms with Gasteiger partial charge in [0.15, 0.2) is 11.5 Å². The fourth-order valence-corrected chi connectivity index (χ4v) is 1.55. The van der Waals surface area contributed by atoms with Gasteiger partial charge in [0.1, 0.15) is 0 Å². The highest BCUT2D eigenvalue weighted by atomic mass is 16.5. The molecular weight excluding hydrogens is 192 g/mol. The summed E-state index contributed by atoms with van der Waals surface area (Å²) in [7, 11) is 3.23. The van der Waals surface area contributed by atoms with Crippen LogP contribution >= 0.6 is 0 Å². The van der Waals surface area contributed by atoms with E-state index in [-0.39, 0.29) is 0 Å². The van der Waals surface area contributed by atoms with E-state index < -0.39 is 0 Å². The monoisotopic (exact) mass is 204 g/mol. The summed E-state index contributed by atoms with van der Waals surface area (Å²) in [4.78, 5) is 0. The largest absolute Gasteiger partial charge is 0.493 e. The van der Waals surface area contributed by atoms with Crippen LogP contribution in [-0.4, -0.2) is 24.4 Å². The molecule has 0 unspecified atom stereocenters. The van der Waals surface area contributed by atoms with E-state index >= 15 is 0 Å². The Morgan fingerprint density at radius 2 is 1.73 bits per heavy atom. The fourth-order valence-electron chi connectivity index (χ4n) is 1.55. The minimum Gasteiger partial charge on any atom is -0.493 e. The van der Waals surface area contributed by atoms with Crippen molar-refractivity contribution in [1.82, 2.24) is 10.2 Å². The Morgan fingerprint density at radius 1 is 1.07 bits per heavy atom. The molecule has 0 saturated carbocycles. The quantitative estimate of drug-likeness (QED) is 0.750. The molecule has 0 bridgehead atoms. The molecule has 0 N–H and O–H groups in total. The maximum Gasteiger partial charge on any atom is 0.161 e. The lowest BCUT2D eigenvalue weighted by Crippen LogP contribution is -1.93. The lowest BCUT2D eigenvalue weighted by atomic mass is 10.1. The van der Waals surface area contributed by atoms with E-state index in [9.17, 15) is 0 Å². The van der Waals surface area contributed by atoms with Crippen molar-refractivity contribution in [3.63, 3.8) is 0 Å². The second-order valence-electron chi connectivity index (χ2n) is 3.22. The Kier molecular flexibility index (Phi) is 2.41. The highest BCUT2D eigenvalue weighted by Gasteiger charge is 2.07. The second-order valence-corrected chi connectivity index (χ2v) is 3.22. The van der Waals surface area contributed by atoms with Gasteiger partial charge in [-0.3, -0.25) is 0 Å². The Bertz CT molecular complexity index is 497. The third kappa shape index (κ3) is 1.58. The Labute approximate surface area is 87.8 Å². The number of aromatic nitrogens is 2. The van der Waals surface area contributed by atoms with Gasteiger partial charge in [0.2, 0.25) is 0 Å². The topological polar surface area (TPSA) is 44.2 Å². The number of fused-ring (bicyclic) bond motifs is 1. The van der Waals surface area contributed by atoms with Gasteiger partial charge < -0.3 is 9.47 Å². The van der Waals surface area contributed by atoms with E-state index in [2.05, 4.69) is 10.2 Å². The van der Waals surface area contributed by atoms with Crippen molar-refractivity contribution in [3.8, 4) is 11.5 Å². The summed E-state index contributed by atoms with van der Waals surface area (Å²) in [6, 6.07) is 3.81. The van der Waals surface area contributed by atoms with E-state index in [1.165, 1.54) is 0 Å². The molecule has 0 spiro atoms. The molecule has 15 heavy (non-hydrogen) atoms. The highest BCUT2D eigenvalue weighted by molar-refractivity contribution is 5.86. The number of aryl methyl sites for hydroxylation is 1. The van der Waals surface area contributed by atoms with E-state index in [1.54, 1.807) is 20.4 Å². The first-order chi connectivity index (χ1) is 7.26. The molecule has 2 rings (SSSR count). The average molecular weight is 204 g/mol. The van der Waals surface area contributed by atoms with Gasteiger partial charge in [0.25, 0.3) is 0 Å². The highest BCUT2D eigenvalue weighted by Crippen LogP contribution is 2.32. The Hall–Kier alpha value is -1.84. The van der Waals surface area contributed by atoms with Gasteiger partial charge >= 0.3 is 0 Å². The predicted octanol–water partition coefficient (Wildman–Crippen LogP) is 1.96. The van der Waals surface area contributed by atoms with Gasteiger partial charge in [-0.25, -0.2) is 0 Å². The molecule has 4 heteroatoms. The van der Waals surface area contributed by atoms with Gasteiger partial charge in [-0.2, -0.15) is 10.2 Å². The van der Waals surface area contributed by atoms with E-state index in [4.69, 9.17) is 9.47 Å². The molecule has 0 atom stereocenters. The first kappa shape index (κ1) is 9.71. The summed E-state index contributed by atoms with van der Waals surface area (Å²) < 4.78 is 10.4. The predicted molar refractivity (Wildman–Crippen MR) is 57.4 cm³/mol. The number of methoxy groups -OCH3 is 2. The molecule has 0 aliphatic carbocycles. The normalized spacial score (nSPS) is 10.3. The zero-order chi connectivity index (χ0) is 10.8. The molecule has 2 aromatic rings. The summed E-state index contributed by atoms with van der Waals surface area (Å²) in [6.07, 6.45) is 1.71. The van der Waals surface area contributed by atoms with Crippen LogP contribution in [0.15, 0.2) is 18.3 Å². The minimum absolute atomic E-state index is 0.706. The number of benzene rings is 1. The van der Waals surface area contributed by atoms with E-state index in [0.717, 1.165) is 16.5 Å². The summed E-state index contributed by atoms with van der Waals surface area (Å²) >= 11 is 0. The molecule has 0 radical (unpaired) electrons. The van der Waals surface area contributed by atoms with Crippen molar-refractivity contribution in [2.75, 3.05) is 14.2 Å². The standard InChI is InChI=1S/C11H12N2O2/c1-7-9-5-11(15-3)10(14-2)4-8(9)6-12-13-7/h4-6H,1-3H3. The second kappa shape index (κ2) is 3.73. The molecule has 78 valence electrons. The van der Waals surface area contributed by atoms with Crippen molar-refractivity contribution < 1.29 is 9.47 Å². The van der Waals surface area contributed by atoms with Crippen LogP contribution in [0, 0.1) is 6.92 Å². The molecule has 0 fully saturated rings. The van der Waals surface area contributed by atoms with Crippen LogP contribution < -0.4 is 9.47 Å². The van der Waals surface area contributed by atoms with E-state index in [0.29, 0.717) is 11.5 Å². The SMILES string of the molecule is COc1cc2cnnc(C)c2cc1OC. The van der Waals surface area contributed by atoms with E-state index in [1.807, 2.05) is 19.1 Å². The van der Waals surface area contributed by atoms with Crippen molar-refractivity contribution in [1.29, 1.82) is 0 Å². The maximum absolute atomic E-state index is 5.23. The van der Waals surface area contributed by atoms with Crippen LogP contribution in [0.5, 0.6) is 11.5 Å². The van der Waals surface area contributed by atoms with Crippen LogP contribution in [0.1, 0.15) is 5.69 Å². The van der Waals surface area contributed by atoms with Gasteiger partial charge in [0.05, 0.1) is 26.1 Å². The smallest absolute Gasteiger partial charge is 0.161 e. The molecule has 1 aromatic carbocycles. The summed E-state index contributed by atoms with van der Waals surface area (Å²) in [6.45, 7) is 1.92. The van der Waals surface area contributed by atoms with Gasteiger partial charge in [-0.15, -0.1) is 0 Å². The number of rotatable bonds is 2. The third-order valence-corrected chi connectivity index (χ3v) is 2.35. The van der Waals surface area contributed by atoms with Crippen LogP contribution in [0.4, 0.5) is 0 Å². The molecular formula is C11H12N2O2. The van der Waals surface area contributed by atoms with Crippen molar-refractivity contribution >= 4 is 10.8 Å². The van der Waals surface area contributed by atoms with Gasteiger partial charge in [-0.1, -0.05) is 0 Å². The van der Waals surface area contributed by atoms with Crippen LogP contribution in [0.25, 0.3) is 10.8 Å². The number of hydrogen-bond donors (Lipinski definition) is 0. The Morgan fingerprint density at radius 3 is 2.40 bits per heavy atom. The first-order valence-electron chi connectivity index (χ1n) is 4.60. The lowest BCUT2D eigenvalue weighted by Gasteiger charge is -2.09. The summed E-state index contributed by atoms with van der Waals surface area (Å²) in [5.41, 5.74) is 0.883. The van der Waals surface area contributed by atoms with Crippen LogP contribution in [0.3, 0.4) is 0 Å². The van der Waals surface area contributed by atoms with Crippen molar-refractivity contribution in [2.24, 2.45) is 0 Å². The Balaban J connectivity index is 2.75. The summed E-state index contributed by atoms with van der Waals surface area (Å²) in [5, 5.41) is 9.92. The van der Waals surface area contributed by atoms with Gasteiger partial charge in [-0.05, 0) is 19.1 Å². The average Bonchev–Trinajstić information content (AvgIpc) is 2.28. The number of ether oxygens (including phenoxy) is 2. The van der Waals surface area contributed by atoms with Crippen LogP contribution in [-0.2, 0) is 0 Å². The first-order valence-corrected chi connectivity index (χ1v) is 4.60.